The van der Waals surface area contributed by atoms with Crippen molar-refractivity contribution in [2.75, 3.05) is 32.7 Å². The molecule has 3 amide bonds. The molecule has 2 heterocycles. The Morgan fingerprint density at radius 2 is 1.67 bits per heavy atom. The Morgan fingerprint density at radius 3 is 2.11 bits per heavy atom. The van der Waals surface area contributed by atoms with Crippen molar-refractivity contribution in [3.63, 3.8) is 0 Å². The van der Waals surface area contributed by atoms with Crippen LogP contribution in [0.4, 0.5) is 0 Å². The Bertz CT molecular complexity index is 590. The summed E-state index contributed by atoms with van der Waals surface area (Å²) in [6.45, 7) is 16.1. The van der Waals surface area contributed by atoms with Crippen molar-refractivity contribution in [3.05, 3.63) is 25.3 Å². The Kier molecular flexibility index (Phi) is 6.84. The summed E-state index contributed by atoms with van der Waals surface area (Å²) in [4.78, 5) is 43.2. The average molecular weight is 376 g/mol. The summed E-state index contributed by atoms with van der Waals surface area (Å²) in [7, 11) is 0. The van der Waals surface area contributed by atoms with Gasteiger partial charge in [-0.25, -0.2) is 0 Å². The number of nitrogens with zero attached hydrogens (tertiary/aromatic N) is 3. The van der Waals surface area contributed by atoms with Gasteiger partial charge in [-0.05, 0) is 33.6 Å². The number of amides is 3. The van der Waals surface area contributed by atoms with Gasteiger partial charge in [0.2, 0.25) is 17.7 Å². The third-order valence-corrected chi connectivity index (χ3v) is 5.45. The first-order valence-corrected chi connectivity index (χ1v) is 9.78. The third-order valence-electron chi connectivity index (χ3n) is 5.45. The summed E-state index contributed by atoms with van der Waals surface area (Å²) in [5.41, 5.74) is -0.259. The predicted octanol–water partition coefficient (Wildman–Crippen LogP) is 2.07. The number of carbonyl (C=O) groups is 3. The van der Waals surface area contributed by atoms with E-state index in [1.807, 2.05) is 25.7 Å². The normalized spacial score (nSPS) is 21.3. The Balaban J connectivity index is 1.91. The van der Waals surface area contributed by atoms with E-state index in [1.54, 1.807) is 22.0 Å². The van der Waals surface area contributed by atoms with Gasteiger partial charge < -0.3 is 14.7 Å². The maximum absolute atomic E-state index is 12.9. The summed E-state index contributed by atoms with van der Waals surface area (Å²) in [5.74, 6) is -0.116. The average Bonchev–Trinajstić information content (AvgIpc) is 3.02. The maximum atomic E-state index is 12.9. The van der Waals surface area contributed by atoms with Gasteiger partial charge in [0.15, 0.2) is 0 Å². The van der Waals surface area contributed by atoms with Gasteiger partial charge in [-0.1, -0.05) is 12.2 Å². The van der Waals surface area contributed by atoms with Gasteiger partial charge in [-0.15, -0.1) is 13.2 Å². The Hall–Kier alpha value is -2.11. The largest absolute Gasteiger partial charge is 0.342 e. The second-order valence-electron chi connectivity index (χ2n) is 8.50. The molecular formula is C21H33N3O3. The molecule has 0 aromatic heterocycles. The fraction of sp³-hybridized carbons (Fsp3) is 0.667. The molecule has 27 heavy (non-hydrogen) atoms. The topological polar surface area (TPSA) is 60.9 Å². The minimum absolute atomic E-state index is 0.0510. The van der Waals surface area contributed by atoms with Crippen LogP contribution in [0.5, 0.6) is 0 Å². The predicted molar refractivity (Wildman–Crippen MR) is 106 cm³/mol. The molecular weight excluding hydrogens is 342 g/mol. The fourth-order valence-electron chi connectivity index (χ4n) is 3.95. The molecule has 6 nitrogen and oxygen atoms in total. The van der Waals surface area contributed by atoms with Gasteiger partial charge in [-0.3, -0.25) is 14.4 Å². The lowest BCUT2D eigenvalue weighted by Crippen LogP contribution is -2.47. The van der Waals surface area contributed by atoms with E-state index in [4.69, 9.17) is 0 Å². The van der Waals surface area contributed by atoms with Crippen LogP contribution in [0.3, 0.4) is 0 Å². The van der Waals surface area contributed by atoms with Gasteiger partial charge in [0.25, 0.3) is 0 Å². The lowest BCUT2D eigenvalue weighted by Gasteiger charge is -2.35. The van der Waals surface area contributed by atoms with E-state index in [0.29, 0.717) is 52.0 Å². The maximum Gasteiger partial charge on any atom is 0.227 e. The zero-order valence-corrected chi connectivity index (χ0v) is 16.9. The van der Waals surface area contributed by atoms with Crippen LogP contribution in [-0.2, 0) is 14.4 Å². The standard InChI is InChI=1S/C21H33N3O3/c1-6-10-22(11-7-2)19(26)16-8-12-23(13-9-16)20(27)17-14-18(25)24(15-17)21(3,4)5/h6-7,16-17H,1-2,8-15H2,3-5H3. The van der Waals surface area contributed by atoms with Gasteiger partial charge in [-0.2, -0.15) is 0 Å². The second kappa shape index (κ2) is 8.72. The van der Waals surface area contributed by atoms with Crippen molar-refractivity contribution >= 4 is 17.7 Å². The van der Waals surface area contributed by atoms with Crippen molar-refractivity contribution in [1.29, 1.82) is 0 Å². The van der Waals surface area contributed by atoms with Crippen LogP contribution < -0.4 is 0 Å². The van der Waals surface area contributed by atoms with Crippen LogP contribution in [0, 0.1) is 11.8 Å². The van der Waals surface area contributed by atoms with E-state index in [1.165, 1.54) is 0 Å². The van der Waals surface area contributed by atoms with E-state index in [2.05, 4.69) is 13.2 Å². The highest BCUT2D eigenvalue weighted by Crippen LogP contribution is 2.29. The molecule has 2 fully saturated rings. The molecule has 2 rings (SSSR count). The van der Waals surface area contributed by atoms with E-state index >= 15 is 0 Å². The summed E-state index contributed by atoms with van der Waals surface area (Å²) in [6, 6.07) is 0. The van der Waals surface area contributed by atoms with E-state index in [0.717, 1.165) is 0 Å². The minimum atomic E-state index is -0.262. The molecule has 2 aliphatic heterocycles. The molecule has 6 heteroatoms. The number of hydrogen-bond acceptors (Lipinski definition) is 3. The Morgan fingerprint density at radius 1 is 1.11 bits per heavy atom. The highest BCUT2D eigenvalue weighted by molar-refractivity contribution is 5.90. The quantitative estimate of drug-likeness (QED) is 0.668. The first-order valence-electron chi connectivity index (χ1n) is 9.78. The zero-order chi connectivity index (χ0) is 20.2. The minimum Gasteiger partial charge on any atom is -0.342 e. The lowest BCUT2D eigenvalue weighted by molar-refractivity contribution is -0.142. The van der Waals surface area contributed by atoms with Crippen LogP contribution in [-0.4, -0.2) is 70.7 Å². The van der Waals surface area contributed by atoms with Gasteiger partial charge >= 0.3 is 0 Å². The summed E-state index contributed by atoms with van der Waals surface area (Å²) < 4.78 is 0. The van der Waals surface area contributed by atoms with Gasteiger partial charge in [0.1, 0.15) is 0 Å². The molecule has 2 aliphatic rings. The molecule has 0 N–H and O–H groups in total. The number of rotatable bonds is 6. The van der Waals surface area contributed by atoms with Crippen molar-refractivity contribution in [1.82, 2.24) is 14.7 Å². The Labute approximate surface area is 162 Å². The van der Waals surface area contributed by atoms with Crippen LogP contribution in [0.1, 0.15) is 40.0 Å². The fourth-order valence-corrected chi connectivity index (χ4v) is 3.95. The molecule has 2 saturated heterocycles. The molecule has 0 bridgehead atoms. The highest BCUT2D eigenvalue weighted by Gasteiger charge is 2.41. The number of carbonyl (C=O) groups excluding carboxylic acids is 3. The third kappa shape index (κ3) is 4.99. The van der Waals surface area contributed by atoms with Crippen molar-refractivity contribution in [3.8, 4) is 0 Å². The van der Waals surface area contributed by atoms with E-state index < -0.39 is 0 Å². The van der Waals surface area contributed by atoms with E-state index in [9.17, 15) is 14.4 Å². The molecule has 150 valence electrons. The lowest BCUT2D eigenvalue weighted by atomic mass is 9.94. The highest BCUT2D eigenvalue weighted by atomic mass is 16.2. The van der Waals surface area contributed by atoms with Crippen LogP contribution in [0.2, 0.25) is 0 Å². The van der Waals surface area contributed by atoms with Crippen molar-refractivity contribution in [2.24, 2.45) is 11.8 Å². The molecule has 1 atom stereocenters. The molecule has 0 aliphatic carbocycles. The SMILES string of the molecule is C=CCN(CC=C)C(=O)C1CCN(C(=O)C2CC(=O)N(C(C)(C)C)C2)CC1. The van der Waals surface area contributed by atoms with Crippen molar-refractivity contribution in [2.45, 2.75) is 45.6 Å². The van der Waals surface area contributed by atoms with Crippen LogP contribution >= 0.6 is 0 Å². The summed E-state index contributed by atoms with van der Waals surface area (Å²) >= 11 is 0. The van der Waals surface area contributed by atoms with Crippen LogP contribution in [0.15, 0.2) is 25.3 Å². The summed E-state index contributed by atoms with van der Waals surface area (Å²) in [6.07, 6.45) is 5.07. The molecule has 0 saturated carbocycles. The first-order chi connectivity index (χ1) is 12.7. The molecule has 0 radical (unpaired) electrons. The molecule has 0 aromatic carbocycles. The zero-order valence-electron chi connectivity index (χ0n) is 16.9. The van der Waals surface area contributed by atoms with Gasteiger partial charge in [0, 0.05) is 50.6 Å². The number of piperidine rings is 1. The number of hydrogen-bond donors (Lipinski definition) is 0. The van der Waals surface area contributed by atoms with Gasteiger partial charge in [0.05, 0.1) is 5.92 Å². The monoisotopic (exact) mass is 375 g/mol. The molecule has 1 unspecified atom stereocenters. The molecule has 0 spiro atoms. The van der Waals surface area contributed by atoms with Crippen LogP contribution in [0.25, 0.3) is 0 Å². The second-order valence-corrected chi connectivity index (χ2v) is 8.50. The molecule has 0 aromatic rings. The summed E-state index contributed by atoms with van der Waals surface area (Å²) in [5, 5.41) is 0. The van der Waals surface area contributed by atoms with Crippen molar-refractivity contribution < 1.29 is 14.4 Å². The number of likely N-dealkylation sites (tertiary alicyclic amines) is 2. The first kappa shape index (κ1) is 21.2. The smallest absolute Gasteiger partial charge is 0.227 e. The van der Waals surface area contributed by atoms with E-state index in [-0.39, 0.29) is 35.1 Å².